The Bertz CT molecular complexity index is 843. The van der Waals surface area contributed by atoms with Gasteiger partial charge in [-0.25, -0.2) is 4.98 Å². The number of piperidine rings is 1. The van der Waals surface area contributed by atoms with Crippen LogP contribution in [0.2, 0.25) is 0 Å². The highest BCUT2D eigenvalue weighted by atomic mass is 32.1. The van der Waals surface area contributed by atoms with Gasteiger partial charge in [0.25, 0.3) is 0 Å². The number of amides is 1. The Balaban J connectivity index is 1.58. The van der Waals surface area contributed by atoms with Gasteiger partial charge in [-0.3, -0.25) is 9.59 Å². The van der Waals surface area contributed by atoms with Gasteiger partial charge in [-0.05, 0) is 37.1 Å². The maximum Gasteiger partial charge on any atom is 0.573 e. The maximum absolute atomic E-state index is 12.4. The predicted octanol–water partition coefficient (Wildman–Crippen LogP) is 3.57. The van der Waals surface area contributed by atoms with E-state index >= 15 is 0 Å². The summed E-state index contributed by atoms with van der Waals surface area (Å²) in [6.45, 7) is 0.820. The zero-order chi connectivity index (χ0) is 20.3. The zero-order valence-electron chi connectivity index (χ0n) is 14.6. The number of carbonyl (C=O) groups excluding carboxylic acids is 1. The van der Waals surface area contributed by atoms with E-state index in [0.717, 1.165) is 0 Å². The molecular formula is C18H17F3N2O4S. The van der Waals surface area contributed by atoms with Crippen molar-refractivity contribution in [2.75, 3.05) is 13.1 Å². The topological polar surface area (TPSA) is 79.7 Å². The molecule has 0 unspecified atom stereocenters. The van der Waals surface area contributed by atoms with Crippen molar-refractivity contribution in [1.29, 1.82) is 0 Å². The van der Waals surface area contributed by atoms with E-state index in [-0.39, 0.29) is 18.1 Å². The van der Waals surface area contributed by atoms with Gasteiger partial charge in [-0.2, -0.15) is 0 Å². The summed E-state index contributed by atoms with van der Waals surface area (Å²) in [5.74, 6) is -1.66. The number of nitrogens with zero attached hydrogens (tertiary/aromatic N) is 2. The lowest BCUT2D eigenvalue weighted by Crippen LogP contribution is -2.41. The number of ether oxygens (including phenoxy) is 1. The second-order valence-electron chi connectivity index (χ2n) is 6.39. The number of hydrogen-bond donors (Lipinski definition) is 1. The second kappa shape index (κ2) is 8.17. The molecule has 0 saturated carbocycles. The standard InChI is InChI=1S/C18H17F3N2O4S/c19-18(20,21)27-14-3-1-11(2-4-14)16-22-13(10-28-16)9-15(24)23-7-5-12(6-8-23)17(25)26/h1-4,10,12H,5-9H2,(H,25,26). The molecule has 1 saturated heterocycles. The smallest absolute Gasteiger partial charge is 0.481 e. The third-order valence-corrected chi connectivity index (χ3v) is 5.36. The number of carbonyl (C=O) groups is 2. The SMILES string of the molecule is O=C(O)C1CCN(C(=O)Cc2csc(-c3ccc(OC(F)(F)F)cc3)n2)CC1. The molecule has 1 aromatic heterocycles. The van der Waals surface area contributed by atoms with Crippen molar-refractivity contribution in [3.8, 4) is 16.3 Å². The number of hydrogen-bond acceptors (Lipinski definition) is 5. The lowest BCUT2D eigenvalue weighted by molar-refractivity contribution is -0.274. The van der Waals surface area contributed by atoms with E-state index in [1.165, 1.54) is 35.6 Å². The molecule has 0 bridgehead atoms. The molecule has 1 fully saturated rings. The molecule has 1 aromatic carbocycles. The average Bonchev–Trinajstić information content (AvgIpc) is 3.09. The summed E-state index contributed by atoms with van der Waals surface area (Å²) in [6.07, 6.45) is -3.76. The summed E-state index contributed by atoms with van der Waals surface area (Å²) in [7, 11) is 0. The number of halogens is 3. The fourth-order valence-electron chi connectivity index (χ4n) is 2.96. The number of carboxylic acids is 1. The molecule has 150 valence electrons. The van der Waals surface area contributed by atoms with E-state index in [2.05, 4.69) is 9.72 Å². The molecule has 0 spiro atoms. The predicted molar refractivity (Wildman–Crippen MR) is 94.9 cm³/mol. The number of thiazole rings is 1. The van der Waals surface area contributed by atoms with Crippen molar-refractivity contribution in [2.45, 2.75) is 25.6 Å². The Kier molecular flexibility index (Phi) is 5.87. The Morgan fingerprint density at radius 1 is 1.21 bits per heavy atom. The van der Waals surface area contributed by atoms with Crippen molar-refractivity contribution >= 4 is 23.2 Å². The van der Waals surface area contributed by atoms with E-state index in [1.807, 2.05) is 0 Å². The van der Waals surface area contributed by atoms with Crippen LogP contribution in [0.15, 0.2) is 29.6 Å². The van der Waals surface area contributed by atoms with E-state index in [9.17, 15) is 22.8 Å². The van der Waals surface area contributed by atoms with Crippen LogP contribution in [0.4, 0.5) is 13.2 Å². The van der Waals surface area contributed by atoms with Gasteiger partial charge in [0, 0.05) is 24.0 Å². The Hall–Kier alpha value is -2.62. The van der Waals surface area contributed by atoms with Gasteiger partial charge in [0.05, 0.1) is 18.0 Å². The number of carboxylic acid groups (broad SMARTS) is 1. The Morgan fingerprint density at radius 2 is 1.86 bits per heavy atom. The molecule has 1 N–H and O–H groups in total. The molecule has 1 aliphatic heterocycles. The lowest BCUT2D eigenvalue weighted by atomic mass is 9.97. The fourth-order valence-corrected chi connectivity index (χ4v) is 3.79. The monoisotopic (exact) mass is 414 g/mol. The van der Waals surface area contributed by atoms with E-state index in [1.54, 1.807) is 10.3 Å². The van der Waals surface area contributed by atoms with Gasteiger partial charge < -0.3 is 14.7 Å². The van der Waals surface area contributed by atoms with Gasteiger partial charge in [-0.1, -0.05) is 0 Å². The van der Waals surface area contributed by atoms with Crippen molar-refractivity contribution < 1.29 is 32.6 Å². The first-order valence-electron chi connectivity index (χ1n) is 8.52. The summed E-state index contributed by atoms with van der Waals surface area (Å²) in [4.78, 5) is 29.4. The van der Waals surface area contributed by atoms with Crippen molar-refractivity contribution in [3.05, 3.63) is 35.3 Å². The van der Waals surface area contributed by atoms with Crippen LogP contribution >= 0.6 is 11.3 Å². The normalized spacial score (nSPS) is 15.5. The molecule has 0 radical (unpaired) electrons. The first-order chi connectivity index (χ1) is 13.2. The van der Waals surface area contributed by atoms with Crippen LogP contribution in [0.25, 0.3) is 10.6 Å². The molecule has 6 nitrogen and oxygen atoms in total. The number of likely N-dealkylation sites (tertiary alicyclic amines) is 1. The molecule has 2 aromatic rings. The van der Waals surface area contributed by atoms with Crippen molar-refractivity contribution in [1.82, 2.24) is 9.88 Å². The summed E-state index contributed by atoms with van der Waals surface area (Å²) in [5, 5.41) is 11.3. The molecule has 0 atom stereocenters. The quantitative estimate of drug-likeness (QED) is 0.809. The van der Waals surface area contributed by atoms with Crippen LogP contribution in [-0.2, 0) is 16.0 Å². The van der Waals surface area contributed by atoms with Crippen molar-refractivity contribution in [2.24, 2.45) is 5.92 Å². The van der Waals surface area contributed by atoms with E-state index < -0.39 is 18.2 Å². The summed E-state index contributed by atoms with van der Waals surface area (Å²) in [6, 6.07) is 5.37. The largest absolute Gasteiger partial charge is 0.573 e. The minimum atomic E-state index is -4.74. The lowest BCUT2D eigenvalue weighted by Gasteiger charge is -2.30. The number of benzene rings is 1. The van der Waals surface area contributed by atoms with Crippen LogP contribution in [0.5, 0.6) is 5.75 Å². The highest BCUT2D eigenvalue weighted by Gasteiger charge is 2.31. The van der Waals surface area contributed by atoms with Gasteiger partial charge in [-0.15, -0.1) is 24.5 Å². The Morgan fingerprint density at radius 3 is 2.43 bits per heavy atom. The zero-order valence-corrected chi connectivity index (χ0v) is 15.4. The summed E-state index contributed by atoms with van der Waals surface area (Å²) >= 11 is 1.29. The van der Waals surface area contributed by atoms with E-state index in [4.69, 9.17) is 5.11 Å². The Labute approximate surface area is 162 Å². The third kappa shape index (κ3) is 5.22. The molecule has 1 aliphatic rings. The van der Waals surface area contributed by atoms with E-state index in [0.29, 0.717) is 42.2 Å². The number of aromatic nitrogens is 1. The minimum absolute atomic E-state index is 0.101. The third-order valence-electron chi connectivity index (χ3n) is 4.42. The van der Waals surface area contributed by atoms with Crippen LogP contribution < -0.4 is 4.74 Å². The number of alkyl halides is 3. The highest BCUT2D eigenvalue weighted by molar-refractivity contribution is 7.13. The molecule has 10 heteroatoms. The van der Waals surface area contributed by atoms with Crippen LogP contribution in [-0.4, -0.2) is 46.3 Å². The van der Waals surface area contributed by atoms with Gasteiger partial charge in [0.1, 0.15) is 10.8 Å². The molecule has 28 heavy (non-hydrogen) atoms. The maximum atomic E-state index is 12.4. The summed E-state index contributed by atoms with van der Waals surface area (Å²) < 4.78 is 40.5. The summed E-state index contributed by atoms with van der Waals surface area (Å²) in [5.41, 5.74) is 1.20. The van der Waals surface area contributed by atoms with Gasteiger partial charge in [0.2, 0.25) is 5.91 Å². The van der Waals surface area contributed by atoms with Gasteiger partial charge >= 0.3 is 12.3 Å². The van der Waals surface area contributed by atoms with Crippen LogP contribution in [0.1, 0.15) is 18.5 Å². The number of aliphatic carboxylic acids is 1. The molecular weight excluding hydrogens is 397 g/mol. The van der Waals surface area contributed by atoms with Crippen LogP contribution in [0.3, 0.4) is 0 Å². The highest BCUT2D eigenvalue weighted by Crippen LogP contribution is 2.28. The molecule has 3 rings (SSSR count). The van der Waals surface area contributed by atoms with Crippen molar-refractivity contribution in [3.63, 3.8) is 0 Å². The minimum Gasteiger partial charge on any atom is -0.481 e. The van der Waals surface area contributed by atoms with Crippen LogP contribution in [0, 0.1) is 5.92 Å². The fraction of sp³-hybridized carbons (Fsp3) is 0.389. The average molecular weight is 414 g/mol. The first-order valence-corrected chi connectivity index (χ1v) is 9.40. The second-order valence-corrected chi connectivity index (χ2v) is 7.24. The molecule has 2 heterocycles. The van der Waals surface area contributed by atoms with Gasteiger partial charge in [0.15, 0.2) is 0 Å². The first kappa shape index (κ1) is 20.1. The molecule has 1 amide bonds. The molecule has 0 aliphatic carbocycles. The number of rotatable bonds is 5.